The topological polar surface area (TPSA) is 77.8 Å². The van der Waals surface area contributed by atoms with E-state index in [4.69, 9.17) is 20.4 Å². The number of thioether (sulfide) groups is 1. The van der Waals surface area contributed by atoms with Crippen LogP contribution in [0.2, 0.25) is 5.02 Å². The first kappa shape index (κ1) is 16.8. The van der Waals surface area contributed by atoms with Crippen LogP contribution in [0.5, 0.6) is 0 Å². The summed E-state index contributed by atoms with van der Waals surface area (Å²) in [5.74, 6) is 1.76. The Hall–Kier alpha value is -2.64. The first-order valence-corrected chi connectivity index (χ1v) is 9.16. The zero-order valence-electron chi connectivity index (χ0n) is 13.7. The van der Waals surface area contributed by atoms with Gasteiger partial charge in [0, 0.05) is 5.56 Å². The van der Waals surface area contributed by atoms with E-state index in [2.05, 4.69) is 20.4 Å². The fourth-order valence-electron chi connectivity index (χ4n) is 2.37. The molecule has 0 aliphatic heterocycles. The quantitative estimate of drug-likeness (QED) is 0.446. The van der Waals surface area contributed by atoms with Crippen molar-refractivity contribution in [1.82, 2.24) is 20.4 Å². The molecule has 0 fully saturated rings. The van der Waals surface area contributed by atoms with Gasteiger partial charge < -0.3 is 8.83 Å². The third-order valence-corrected chi connectivity index (χ3v) is 4.80. The van der Waals surface area contributed by atoms with E-state index in [0.717, 1.165) is 11.1 Å². The van der Waals surface area contributed by atoms with Gasteiger partial charge in [-0.3, -0.25) is 0 Å². The zero-order valence-corrected chi connectivity index (χ0v) is 15.3. The van der Waals surface area contributed by atoms with Gasteiger partial charge in [-0.15, -0.1) is 20.4 Å². The van der Waals surface area contributed by atoms with Crippen LogP contribution in [-0.2, 0) is 5.75 Å². The largest absolute Gasteiger partial charge is 0.420 e. The molecule has 8 heteroatoms. The van der Waals surface area contributed by atoms with Gasteiger partial charge in [0.1, 0.15) is 0 Å². The van der Waals surface area contributed by atoms with E-state index in [0.29, 0.717) is 39.2 Å². The van der Waals surface area contributed by atoms with Crippen molar-refractivity contribution in [2.24, 2.45) is 0 Å². The fraction of sp³-hybridized carbons (Fsp3) is 0.111. The molecule has 0 amide bonds. The molecule has 2 heterocycles. The van der Waals surface area contributed by atoms with Crippen LogP contribution in [0.25, 0.3) is 22.9 Å². The number of hydrogen-bond acceptors (Lipinski definition) is 7. The van der Waals surface area contributed by atoms with E-state index in [-0.39, 0.29) is 0 Å². The molecule has 26 heavy (non-hydrogen) atoms. The van der Waals surface area contributed by atoms with Crippen LogP contribution >= 0.6 is 23.4 Å². The van der Waals surface area contributed by atoms with Crippen LogP contribution in [-0.4, -0.2) is 20.4 Å². The lowest BCUT2D eigenvalue weighted by atomic mass is 10.1. The highest BCUT2D eigenvalue weighted by atomic mass is 35.5. The fourth-order valence-corrected chi connectivity index (χ4v) is 3.19. The molecular formula is C18H13ClN4O2S. The average molecular weight is 385 g/mol. The maximum atomic E-state index is 6.15. The van der Waals surface area contributed by atoms with Crippen molar-refractivity contribution in [2.45, 2.75) is 17.9 Å². The molecule has 0 atom stereocenters. The number of aryl methyl sites for hydroxylation is 1. The Balaban J connectivity index is 1.46. The molecule has 0 aliphatic carbocycles. The molecule has 0 saturated heterocycles. The Bertz CT molecular complexity index is 963. The van der Waals surface area contributed by atoms with Crippen LogP contribution in [0.1, 0.15) is 11.5 Å². The molecule has 0 spiro atoms. The van der Waals surface area contributed by atoms with Crippen LogP contribution in [0.15, 0.2) is 62.6 Å². The normalized spacial score (nSPS) is 11.0. The lowest BCUT2D eigenvalue weighted by molar-refractivity contribution is 0.464. The monoisotopic (exact) mass is 384 g/mol. The second-order valence-electron chi connectivity index (χ2n) is 5.46. The average Bonchev–Trinajstić information content (AvgIpc) is 3.30. The molecule has 130 valence electrons. The molecule has 4 aromatic rings. The molecule has 6 nitrogen and oxygen atoms in total. The van der Waals surface area contributed by atoms with Crippen molar-refractivity contribution in [3.8, 4) is 22.9 Å². The van der Waals surface area contributed by atoms with Crippen molar-refractivity contribution < 1.29 is 8.83 Å². The highest BCUT2D eigenvalue weighted by Gasteiger charge is 2.14. The van der Waals surface area contributed by atoms with E-state index in [9.17, 15) is 0 Å². The minimum Gasteiger partial charge on any atom is -0.420 e. The maximum Gasteiger partial charge on any atom is 0.277 e. The highest BCUT2D eigenvalue weighted by Crippen LogP contribution is 2.29. The third kappa shape index (κ3) is 3.49. The van der Waals surface area contributed by atoms with Crippen molar-refractivity contribution >= 4 is 23.4 Å². The Morgan fingerprint density at radius 1 is 0.846 bits per heavy atom. The first-order chi connectivity index (χ1) is 12.7. The molecule has 0 aliphatic rings. The number of aromatic nitrogens is 4. The Labute approximate surface area is 158 Å². The molecule has 0 saturated carbocycles. The second-order valence-corrected chi connectivity index (χ2v) is 6.79. The van der Waals surface area contributed by atoms with Crippen molar-refractivity contribution in [1.29, 1.82) is 0 Å². The summed E-state index contributed by atoms with van der Waals surface area (Å²) in [6.45, 7) is 2.00. The summed E-state index contributed by atoms with van der Waals surface area (Å²) in [6.07, 6.45) is 0. The van der Waals surface area contributed by atoms with Gasteiger partial charge in [0.05, 0.1) is 16.3 Å². The molecule has 0 bridgehead atoms. The smallest absolute Gasteiger partial charge is 0.277 e. The maximum absolute atomic E-state index is 6.15. The van der Waals surface area contributed by atoms with Crippen molar-refractivity contribution in [3.63, 3.8) is 0 Å². The summed E-state index contributed by atoms with van der Waals surface area (Å²) in [4.78, 5) is 0. The Morgan fingerprint density at radius 3 is 2.35 bits per heavy atom. The summed E-state index contributed by atoms with van der Waals surface area (Å²) in [5, 5.41) is 17.3. The minimum atomic E-state index is 0.386. The number of halogens is 1. The number of nitrogens with zero attached hydrogens (tertiary/aromatic N) is 4. The number of rotatable bonds is 5. The standard InChI is InChI=1S/C18H13ClN4O2S/c1-11-6-2-3-7-12(11)16-22-23-18(25-16)26-10-15-20-21-17(24-15)13-8-4-5-9-14(13)19/h2-9H,10H2,1H3. The summed E-state index contributed by atoms with van der Waals surface area (Å²) < 4.78 is 11.4. The SMILES string of the molecule is Cc1ccccc1-c1nnc(SCc2nnc(-c3ccccc3Cl)o2)o1. The molecule has 0 N–H and O–H groups in total. The zero-order chi connectivity index (χ0) is 17.9. The predicted octanol–water partition coefficient (Wildman–Crippen LogP) is 5.04. The minimum absolute atomic E-state index is 0.386. The van der Waals surface area contributed by atoms with Gasteiger partial charge in [0.15, 0.2) is 0 Å². The van der Waals surface area contributed by atoms with Gasteiger partial charge in [-0.2, -0.15) is 0 Å². The predicted molar refractivity (Wildman–Crippen MR) is 98.8 cm³/mol. The van der Waals surface area contributed by atoms with Crippen LogP contribution < -0.4 is 0 Å². The van der Waals surface area contributed by atoms with Gasteiger partial charge >= 0.3 is 0 Å². The Kier molecular flexibility index (Phi) is 4.73. The van der Waals surface area contributed by atoms with E-state index >= 15 is 0 Å². The Morgan fingerprint density at radius 2 is 1.54 bits per heavy atom. The third-order valence-electron chi connectivity index (χ3n) is 3.67. The van der Waals surface area contributed by atoms with E-state index in [1.807, 2.05) is 49.4 Å². The van der Waals surface area contributed by atoms with Crippen LogP contribution in [0, 0.1) is 6.92 Å². The summed E-state index contributed by atoms with van der Waals surface area (Å²) in [6, 6.07) is 15.2. The van der Waals surface area contributed by atoms with Crippen molar-refractivity contribution in [2.75, 3.05) is 0 Å². The lowest BCUT2D eigenvalue weighted by Crippen LogP contribution is -1.81. The van der Waals surface area contributed by atoms with E-state index in [1.54, 1.807) is 6.07 Å². The van der Waals surface area contributed by atoms with Gasteiger partial charge in [-0.25, -0.2) is 0 Å². The second kappa shape index (κ2) is 7.31. The van der Waals surface area contributed by atoms with E-state index < -0.39 is 0 Å². The van der Waals surface area contributed by atoms with Gasteiger partial charge in [0.2, 0.25) is 17.7 Å². The molecule has 0 unspecified atom stereocenters. The van der Waals surface area contributed by atoms with Crippen LogP contribution in [0.4, 0.5) is 0 Å². The number of benzene rings is 2. The molecule has 4 rings (SSSR count). The highest BCUT2D eigenvalue weighted by molar-refractivity contribution is 7.98. The summed E-state index contributed by atoms with van der Waals surface area (Å²) in [7, 11) is 0. The molecular weight excluding hydrogens is 372 g/mol. The summed E-state index contributed by atoms with van der Waals surface area (Å²) >= 11 is 7.49. The van der Waals surface area contributed by atoms with Crippen LogP contribution in [0.3, 0.4) is 0 Å². The molecule has 2 aromatic heterocycles. The number of hydrogen-bond donors (Lipinski definition) is 0. The van der Waals surface area contributed by atoms with Gasteiger partial charge in [0.25, 0.3) is 5.22 Å². The van der Waals surface area contributed by atoms with E-state index in [1.165, 1.54) is 11.8 Å². The first-order valence-electron chi connectivity index (χ1n) is 7.80. The summed E-state index contributed by atoms with van der Waals surface area (Å²) in [5.41, 5.74) is 2.71. The molecule has 2 aromatic carbocycles. The lowest BCUT2D eigenvalue weighted by Gasteiger charge is -1.98. The van der Waals surface area contributed by atoms with Crippen molar-refractivity contribution in [3.05, 3.63) is 65.0 Å². The van der Waals surface area contributed by atoms with Gasteiger partial charge in [-0.1, -0.05) is 53.7 Å². The molecule has 0 radical (unpaired) electrons. The van der Waals surface area contributed by atoms with Gasteiger partial charge in [-0.05, 0) is 30.7 Å².